The molecule has 0 N–H and O–H groups in total. The lowest BCUT2D eigenvalue weighted by Gasteiger charge is -2.40. The molecule has 12 nitrogen and oxygen atoms in total. The number of esters is 4. The van der Waals surface area contributed by atoms with Gasteiger partial charge in [-0.05, 0) is 48.5 Å². The van der Waals surface area contributed by atoms with Crippen LogP contribution < -0.4 is 0 Å². The summed E-state index contributed by atoms with van der Waals surface area (Å²) in [5, 5.41) is 0. The second kappa shape index (κ2) is 11.6. The van der Waals surface area contributed by atoms with E-state index in [0.29, 0.717) is 0 Å². The number of rotatable bonds is 10. The van der Waals surface area contributed by atoms with Gasteiger partial charge in [0.1, 0.15) is 29.5 Å². The molecule has 2 saturated heterocycles. The van der Waals surface area contributed by atoms with Crippen LogP contribution in [-0.4, -0.2) is 81.9 Å². The smallest absolute Gasteiger partial charge is 0.321 e. The topological polar surface area (TPSA) is 142 Å². The number of carbonyl (C=O) groups excluding carboxylic acids is 4. The van der Waals surface area contributed by atoms with E-state index >= 15 is 0 Å². The fourth-order valence-corrected chi connectivity index (χ4v) is 3.12. The second-order valence-corrected chi connectivity index (χ2v) is 11.2. The van der Waals surface area contributed by atoms with Crippen LogP contribution in [0.1, 0.15) is 61.8 Å². The lowest BCUT2D eigenvalue weighted by Crippen LogP contribution is -2.51. The summed E-state index contributed by atoms with van der Waals surface area (Å²) in [6, 6.07) is 0. The zero-order chi connectivity index (χ0) is 28.1. The van der Waals surface area contributed by atoms with E-state index < -0.39 is 71.7 Å². The molecule has 0 aromatic carbocycles. The first-order valence-corrected chi connectivity index (χ1v) is 12.2. The summed E-state index contributed by atoms with van der Waals surface area (Å²) in [6.07, 6.45) is 0.100. The molecule has 0 amide bonds. The molecule has 0 aliphatic carbocycles. The third-order valence-electron chi connectivity index (χ3n) is 6.17. The van der Waals surface area contributed by atoms with Crippen molar-refractivity contribution in [3.8, 4) is 0 Å². The van der Waals surface area contributed by atoms with Gasteiger partial charge in [-0.15, -0.1) is 0 Å². The summed E-state index contributed by atoms with van der Waals surface area (Å²) in [5.74, 6) is -4.43. The number of ether oxygens (including phenoxy) is 8. The minimum atomic E-state index is -1.61. The molecule has 37 heavy (non-hydrogen) atoms. The minimum absolute atomic E-state index is 0.0522. The van der Waals surface area contributed by atoms with Crippen molar-refractivity contribution in [2.45, 2.75) is 73.4 Å². The predicted octanol–water partition coefficient (Wildman–Crippen LogP) is 2.11. The zero-order valence-electron chi connectivity index (χ0n) is 23.1. The fourth-order valence-electron chi connectivity index (χ4n) is 3.12. The molecule has 2 fully saturated rings. The van der Waals surface area contributed by atoms with Crippen LogP contribution >= 0.6 is 0 Å². The zero-order valence-corrected chi connectivity index (χ0v) is 23.1. The van der Waals surface area contributed by atoms with E-state index in [9.17, 15) is 19.2 Å². The van der Waals surface area contributed by atoms with E-state index in [1.807, 2.05) is 0 Å². The van der Waals surface area contributed by atoms with Gasteiger partial charge in [0.05, 0.1) is 26.4 Å². The molecule has 212 valence electrons. The molecule has 2 rings (SSSR count). The molecule has 0 aromatic rings. The Morgan fingerprint density at radius 2 is 1.05 bits per heavy atom. The molecule has 12 heteroatoms. The Balaban J connectivity index is 2.07. The van der Waals surface area contributed by atoms with Crippen LogP contribution in [0.2, 0.25) is 0 Å². The highest BCUT2D eigenvalue weighted by Gasteiger charge is 2.48. The maximum absolute atomic E-state index is 12.9. The fraction of sp³-hybridized carbons (Fsp3) is 0.840. The van der Waals surface area contributed by atoms with Gasteiger partial charge >= 0.3 is 23.9 Å². The average Bonchev–Trinajstić information content (AvgIpc) is 2.84. The first-order chi connectivity index (χ1) is 17.0. The maximum Gasteiger partial charge on any atom is 0.321 e. The molecular weight excluding hydrogens is 492 g/mol. The third kappa shape index (κ3) is 8.36. The molecule has 2 heterocycles. The Kier molecular flexibility index (Phi) is 9.72. The summed E-state index contributed by atoms with van der Waals surface area (Å²) in [7, 11) is 0. The van der Waals surface area contributed by atoms with Crippen molar-refractivity contribution >= 4 is 23.9 Å². The first kappa shape index (κ1) is 30.9. The number of hydrogen-bond donors (Lipinski definition) is 0. The predicted molar refractivity (Wildman–Crippen MR) is 126 cm³/mol. The molecule has 2 aliphatic rings. The van der Waals surface area contributed by atoms with E-state index in [1.54, 1.807) is 48.5 Å². The molecule has 0 aromatic heterocycles. The monoisotopic (exact) mass is 532 g/mol. The van der Waals surface area contributed by atoms with E-state index in [-0.39, 0.29) is 32.8 Å². The highest BCUT2D eigenvalue weighted by Crippen LogP contribution is 2.33. The van der Waals surface area contributed by atoms with Crippen LogP contribution in [0.15, 0.2) is 0 Å². The highest BCUT2D eigenvalue weighted by atomic mass is 16.7. The van der Waals surface area contributed by atoms with Crippen LogP contribution in [0.5, 0.6) is 0 Å². The minimum Gasteiger partial charge on any atom is -0.464 e. The third-order valence-corrected chi connectivity index (χ3v) is 6.17. The summed E-state index contributed by atoms with van der Waals surface area (Å²) < 4.78 is 43.2. The Labute approximate surface area is 217 Å². The van der Waals surface area contributed by atoms with Crippen molar-refractivity contribution in [2.75, 3.05) is 46.4 Å². The lowest BCUT2D eigenvalue weighted by atomic mass is 9.89. The van der Waals surface area contributed by atoms with E-state index in [1.165, 1.54) is 6.92 Å². The molecular formula is C25H40O12. The quantitative estimate of drug-likeness (QED) is 0.231. The Hall–Kier alpha value is -2.28. The van der Waals surface area contributed by atoms with Crippen molar-refractivity contribution in [3.63, 3.8) is 0 Å². The van der Waals surface area contributed by atoms with E-state index in [4.69, 9.17) is 37.9 Å². The molecule has 2 aliphatic heterocycles. The van der Waals surface area contributed by atoms with Gasteiger partial charge in [-0.1, -0.05) is 6.92 Å². The summed E-state index contributed by atoms with van der Waals surface area (Å²) in [6.45, 7) is 11.8. The SMILES string of the molecule is CCC(=O)OCOC(=O)C(C)(COC(=O)C1(C)COC(C)(C)OC1)COC(=O)C1(C)COC(C)(C)OC1. The van der Waals surface area contributed by atoms with Crippen molar-refractivity contribution in [1.82, 2.24) is 0 Å². The van der Waals surface area contributed by atoms with Crippen LogP contribution in [0.3, 0.4) is 0 Å². The average molecular weight is 533 g/mol. The molecule has 0 saturated carbocycles. The van der Waals surface area contributed by atoms with Crippen LogP contribution in [0.25, 0.3) is 0 Å². The van der Waals surface area contributed by atoms with Crippen molar-refractivity contribution in [2.24, 2.45) is 16.2 Å². The Morgan fingerprint density at radius 3 is 1.41 bits per heavy atom. The second-order valence-electron chi connectivity index (χ2n) is 11.2. The molecule has 0 bridgehead atoms. The Morgan fingerprint density at radius 1 is 0.676 bits per heavy atom. The number of hydrogen-bond acceptors (Lipinski definition) is 12. The standard InChI is InChI=1S/C25H40O12/c1-9-17(26)32-16-33-20(29)23(6,10-30-18(27)24(7)12-34-21(2,3)35-13-24)11-31-19(28)25(8)14-36-22(4,5)37-15-25/h9-16H2,1-8H3. The summed E-state index contributed by atoms with van der Waals surface area (Å²) in [4.78, 5) is 50.1. The van der Waals surface area contributed by atoms with Gasteiger partial charge in [-0.25, -0.2) is 0 Å². The summed E-state index contributed by atoms with van der Waals surface area (Å²) in [5.41, 5.74) is -3.82. The molecule has 0 spiro atoms. The molecule has 0 radical (unpaired) electrons. The van der Waals surface area contributed by atoms with Crippen LogP contribution in [0, 0.1) is 16.2 Å². The summed E-state index contributed by atoms with van der Waals surface area (Å²) >= 11 is 0. The van der Waals surface area contributed by atoms with E-state index in [0.717, 1.165) is 0 Å². The number of carbonyl (C=O) groups is 4. The van der Waals surface area contributed by atoms with Gasteiger partial charge in [0, 0.05) is 6.42 Å². The van der Waals surface area contributed by atoms with Crippen LogP contribution in [-0.2, 0) is 57.1 Å². The van der Waals surface area contributed by atoms with Gasteiger partial charge in [0.25, 0.3) is 0 Å². The Bertz CT molecular complexity index is 792. The molecule has 0 atom stereocenters. The highest BCUT2D eigenvalue weighted by molar-refractivity contribution is 5.81. The van der Waals surface area contributed by atoms with Gasteiger partial charge in [-0.3, -0.25) is 19.2 Å². The van der Waals surface area contributed by atoms with Gasteiger partial charge in [0.15, 0.2) is 11.6 Å². The normalized spacial score (nSPS) is 21.8. The first-order valence-electron chi connectivity index (χ1n) is 12.2. The van der Waals surface area contributed by atoms with Crippen LogP contribution in [0.4, 0.5) is 0 Å². The largest absolute Gasteiger partial charge is 0.464 e. The van der Waals surface area contributed by atoms with Gasteiger partial charge < -0.3 is 37.9 Å². The van der Waals surface area contributed by atoms with E-state index in [2.05, 4.69) is 0 Å². The maximum atomic E-state index is 12.9. The van der Waals surface area contributed by atoms with Gasteiger partial charge in [0.2, 0.25) is 6.79 Å². The van der Waals surface area contributed by atoms with Crippen molar-refractivity contribution in [3.05, 3.63) is 0 Å². The van der Waals surface area contributed by atoms with Crippen molar-refractivity contribution in [1.29, 1.82) is 0 Å². The molecule has 0 unspecified atom stereocenters. The lowest BCUT2D eigenvalue weighted by molar-refractivity contribution is -0.282. The van der Waals surface area contributed by atoms with Gasteiger partial charge in [-0.2, -0.15) is 0 Å². The van der Waals surface area contributed by atoms with Crippen molar-refractivity contribution < 1.29 is 57.1 Å².